The molecule has 0 aliphatic carbocycles. The topological polar surface area (TPSA) is 51.2 Å². The van der Waals surface area contributed by atoms with Crippen molar-refractivity contribution in [3.05, 3.63) is 0 Å². The molecule has 0 aromatic heterocycles. The third-order valence-corrected chi connectivity index (χ3v) is 0. The van der Waals surface area contributed by atoms with Gasteiger partial charge in [-0.05, 0) is 0 Å². The molecule has 0 spiro atoms. The summed E-state index contributed by atoms with van der Waals surface area (Å²) in [6, 6.07) is 0. The van der Waals surface area contributed by atoms with Crippen LogP contribution < -0.4 is 0 Å². The molecule has 0 heterocycles. The van der Waals surface area contributed by atoms with Gasteiger partial charge in [0.15, 0.2) is 0 Å². The van der Waals surface area contributed by atoms with Gasteiger partial charge in [-0.25, -0.2) is 0 Å². The van der Waals surface area contributed by atoms with Crippen LogP contribution in [0.2, 0.25) is 0 Å². The normalized spacial score (nSPS) is 1.50. The summed E-state index contributed by atoms with van der Waals surface area (Å²) in [5.41, 5.74) is 0. The Balaban J connectivity index is -0.0000000225. The molecule has 0 bridgehead atoms. The standard InChI is InChI=1S/Al.BO.2O.Ti.H/c;1-2;;;;. The van der Waals surface area contributed by atoms with Gasteiger partial charge in [-0.2, -0.15) is 0 Å². The molecule has 3 nitrogen and oxygen atoms in total. The first-order valence-electron chi connectivity index (χ1n) is 0.729. The van der Waals surface area contributed by atoms with Crippen LogP contribution in [-0.4, -0.2) is 23.9 Å². The van der Waals surface area contributed by atoms with Gasteiger partial charge in [0, 0.05) is 0 Å². The van der Waals surface area contributed by atoms with Crippen LogP contribution in [-0.2, 0) is 32.2 Å². The SMILES string of the molecule is [B]=O.[O]=[AlH].[O]=[Ti]. The Kier molecular flexibility index (Phi) is 663. The fourth-order valence-electron chi connectivity index (χ4n) is 0. The van der Waals surface area contributed by atoms with Crippen LogP contribution in [0, 0.1) is 0 Å². The average molecular weight is 135 g/mol. The van der Waals surface area contributed by atoms with Gasteiger partial charge in [-0.1, -0.05) is 0 Å². The van der Waals surface area contributed by atoms with Crippen molar-refractivity contribution in [2.45, 2.75) is 0 Å². The molecule has 0 fully saturated rings. The number of rotatable bonds is 0. The molecular formula is HAlBO3Ti. The van der Waals surface area contributed by atoms with E-state index in [1.54, 1.807) is 0 Å². The van der Waals surface area contributed by atoms with E-state index in [-0.39, 0.29) is 0 Å². The van der Waals surface area contributed by atoms with Crippen molar-refractivity contribution in [3.8, 4) is 0 Å². The molecule has 0 unspecified atom stereocenters. The summed E-state index contributed by atoms with van der Waals surface area (Å²) < 4.78 is 24.3. The van der Waals surface area contributed by atoms with E-state index in [2.05, 4.69) is 7.72 Å². The van der Waals surface area contributed by atoms with Gasteiger partial charge in [-0.3, -0.25) is 0 Å². The summed E-state index contributed by atoms with van der Waals surface area (Å²) >= 11 is 1.36. The fourth-order valence-corrected chi connectivity index (χ4v) is 0. The molecule has 1 radical (unpaired) electrons. The molecule has 0 N–H and O–H groups in total. The minimum absolute atomic E-state index is 0.611. The van der Waals surface area contributed by atoms with Gasteiger partial charge in [0.05, 0.1) is 0 Å². The van der Waals surface area contributed by atoms with Gasteiger partial charge in [0.25, 0.3) is 0 Å². The minimum atomic E-state index is 0.611. The number of hydrogen-bond donors (Lipinski definition) is 0. The van der Waals surface area contributed by atoms with Crippen LogP contribution in [0.25, 0.3) is 0 Å². The summed E-state index contributed by atoms with van der Waals surface area (Å²) in [4.78, 5) is 0. The maximum atomic E-state index is 8.28. The second-order valence-corrected chi connectivity index (χ2v) is 0. The van der Waals surface area contributed by atoms with Gasteiger partial charge < -0.3 is 0 Å². The molecular weight excluding hydrogens is 134 g/mol. The fraction of sp³-hybridized carbons (Fsp3) is 0. The van der Waals surface area contributed by atoms with Gasteiger partial charge >= 0.3 is 56.2 Å². The van der Waals surface area contributed by atoms with Crippen LogP contribution in [0.5, 0.6) is 0 Å². The first kappa shape index (κ1) is 15.9. The van der Waals surface area contributed by atoms with Crippen LogP contribution in [0.3, 0.4) is 0 Å². The van der Waals surface area contributed by atoms with Crippen molar-refractivity contribution >= 4 is 23.9 Å². The van der Waals surface area contributed by atoms with E-state index in [9.17, 15) is 0 Å². The summed E-state index contributed by atoms with van der Waals surface area (Å²) in [6.07, 6.45) is 0. The third kappa shape index (κ3) is 128. The maximum absolute atomic E-state index is 8.28. The summed E-state index contributed by atoms with van der Waals surface area (Å²) in [7, 11) is 3.25. The van der Waals surface area contributed by atoms with E-state index < -0.39 is 0 Å². The zero-order valence-corrected chi connectivity index (χ0v) is 5.98. The van der Waals surface area contributed by atoms with Crippen molar-refractivity contribution < 1.29 is 32.2 Å². The first-order chi connectivity index (χ1) is 3.00. The molecule has 0 aliphatic rings. The summed E-state index contributed by atoms with van der Waals surface area (Å²) in [5.74, 6) is 0. The van der Waals surface area contributed by atoms with E-state index in [1.165, 1.54) is 0 Å². The molecule has 0 amide bonds. The summed E-state index contributed by atoms with van der Waals surface area (Å²) in [5, 5.41) is 0. The van der Waals surface area contributed by atoms with Crippen molar-refractivity contribution in [2.75, 3.05) is 0 Å². The molecule has 0 rings (SSSR count). The molecule has 6 heteroatoms. The Labute approximate surface area is 56.3 Å². The van der Waals surface area contributed by atoms with Crippen LogP contribution in [0.4, 0.5) is 0 Å². The van der Waals surface area contributed by atoms with Crippen LogP contribution in [0.15, 0.2) is 0 Å². The molecule has 0 aromatic carbocycles. The van der Waals surface area contributed by atoms with E-state index >= 15 is 0 Å². The van der Waals surface area contributed by atoms with Crippen LogP contribution >= 0.6 is 0 Å². The van der Waals surface area contributed by atoms with Crippen molar-refractivity contribution in [1.29, 1.82) is 0 Å². The monoisotopic (exact) mass is 135 g/mol. The van der Waals surface area contributed by atoms with E-state index in [4.69, 9.17) is 11.8 Å². The Morgan fingerprint density at radius 1 is 1.17 bits per heavy atom. The summed E-state index contributed by atoms with van der Waals surface area (Å²) in [6.45, 7) is 0. The van der Waals surface area contributed by atoms with E-state index in [1.807, 2.05) is 0 Å². The zero-order valence-electron chi connectivity index (χ0n) is 3.01. The molecule has 0 saturated carbocycles. The van der Waals surface area contributed by atoms with E-state index in [0.717, 1.165) is 20.4 Å². The molecule has 0 saturated heterocycles. The van der Waals surface area contributed by atoms with Crippen molar-refractivity contribution in [2.24, 2.45) is 0 Å². The van der Waals surface area contributed by atoms with Crippen molar-refractivity contribution in [1.82, 2.24) is 0 Å². The molecule has 0 aliphatic heterocycles. The second kappa shape index (κ2) is 250. The molecule has 29 valence electrons. The Hall–Kier alpha value is 0.712. The molecule has 0 aromatic rings. The third-order valence-electron chi connectivity index (χ3n) is 0. The molecule has 6 heavy (non-hydrogen) atoms. The predicted octanol–water partition coefficient (Wildman–Crippen LogP) is -1.39. The second-order valence-electron chi connectivity index (χ2n) is 0. The van der Waals surface area contributed by atoms with Gasteiger partial charge in [0.1, 0.15) is 0 Å². The average Bonchev–Trinajstić information content (AvgIpc) is 1.81. The van der Waals surface area contributed by atoms with E-state index in [0.29, 0.717) is 16.2 Å². The molecule has 0 atom stereocenters. The Morgan fingerprint density at radius 2 is 1.17 bits per heavy atom. The number of hydrogen-bond acceptors (Lipinski definition) is 3. The predicted molar refractivity (Wildman–Crippen MR) is 15.0 cm³/mol. The Morgan fingerprint density at radius 3 is 1.17 bits per heavy atom. The quantitative estimate of drug-likeness (QED) is 0.384. The first-order valence-corrected chi connectivity index (χ1v) is 1.94. The van der Waals surface area contributed by atoms with Crippen molar-refractivity contribution in [3.63, 3.8) is 0 Å². The van der Waals surface area contributed by atoms with Gasteiger partial charge in [-0.15, -0.1) is 0 Å². The zero-order chi connectivity index (χ0) is 6.00. The van der Waals surface area contributed by atoms with Crippen LogP contribution in [0.1, 0.15) is 0 Å². The van der Waals surface area contributed by atoms with Gasteiger partial charge in [0.2, 0.25) is 0 Å². The Bertz CT molecular complexity index is 15.5.